The summed E-state index contributed by atoms with van der Waals surface area (Å²) in [6.07, 6.45) is 11.5. The number of nitrogens with zero attached hydrogens (tertiary/aromatic N) is 4. The van der Waals surface area contributed by atoms with Crippen LogP contribution in [-0.2, 0) is 6.54 Å². The van der Waals surface area contributed by atoms with Crippen LogP contribution in [0, 0.1) is 5.92 Å². The van der Waals surface area contributed by atoms with Crippen LogP contribution >= 0.6 is 0 Å². The summed E-state index contributed by atoms with van der Waals surface area (Å²) < 4.78 is 1.90. The second-order valence-electron chi connectivity index (χ2n) is 5.94. The van der Waals surface area contributed by atoms with Crippen molar-refractivity contribution in [1.82, 2.24) is 19.7 Å². The van der Waals surface area contributed by atoms with Crippen LogP contribution in [0.4, 0.5) is 5.69 Å². The monoisotopic (exact) mass is 283 g/mol. The lowest BCUT2D eigenvalue weighted by Gasteiger charge is -2.06. The molecule has 4 rings (SSSR count). The Labute approximate surface area is 122 Å². The van der Waals surface area contributed by atoms with Crippen molar-refractivity contribution >= 4 is 11.6 Å². The SMILES string of the molecule is O=C(Nc1cnn(CC2CC2)c1)c1cncnc1C1CC1. The molecule has 2 saturated carbocycles. The fraction of sp³-hybridized carbons (Fsp3) is 0.467. The van der Waals surface area contributed by atoms with Crippen LogP contribution in [-0.4, -0.2) is 25.7 Å². The number of rotatable bonds is 5. The fourth-order valence-corrected chi connectivity index (χ4v) is 2.49. The first-order valence-electron chi connectivity index (χ1n) is 7.43. The molecule has 0 atom stereocenters. The maximum absolute atomic E-state index is 12.4. The molecule has 2 fully saturated rings. The van der Waals surface area contributed by atoms with E-state index in [-0.39, 0.29) is 5.91 Å². The largest absolute Gasteiger partial charge is 0.319 e. The number of nitrogens with one attached hydrogen (secondary N) is 1. The van der Waals surface area contributed by atoms with E-state index in [0.717, 1.165) is 36.7 Å². The van der Waals surface area contributed by atoms with Crippen molar-refractivity contribution in [2.75, 3.05) is 5.32 Å². The van der Waals surface area contributed by atoms with E-state index in [4.69, 9.17) is 0 Å². The summed E-state index contributed by atoms with van der Waals surface area (Å²) in [5.74, 6) is 1.03. The first kappa shape index (κ1) is 12.5. The first-order valence-corrected chi connectivity index (χ1v) is 7.43. The van der Waals surface area contributed by atoms with Gasteiger partial charge < -0.3 is 5.32 Å². The molecule has 21 heavy (non-hydrogen) atoms. The van der Waals surface area contributed by atoms with Crippen molar-refractivity contribution < 1.29 is 4.79 Å². The van der Waals surface area contributed by atoms with Crippen molar-refractivity contribution in [3.8, 4) is 0 Å². The Kier molecular flexibility index (Phi) is 2.94. The smallest absolute Gasteiger partial charge is 0.259 e. The van der Waals surface area contributed by atoms with E-state index in [9.17, 15) is 4.79 Å². The highest BCUT2D eigenvalue weighted by atomic mass is 16.1. The Morgan fingerprint density at radius 1 is 1.29 bits per heavy atom. The van der Waals surface area contributed by atoms with Gasteiger partial charge >= 0.3 is 0 Å². The summed E-state index contributed by atoms with van der Waals surface area (Å²) in [5.41, 5.74) is 2.18. The minimum absolute atomic E-state index is 0.150. The zero-order chi connectivity index (χ0) is 14.2. The number of anilines is 1. The fourth-order valence-electron chi connectivity index (χ4n) is 2.49. The molecule has 6 nitrogen and oxygen atoms in total. The highest BCUT2D eigenvalue weighted by Gasteiger charge is 2.29. The lowest BCUT2D eigenvalue weighted by Crippen LogP contribution is -2.15. The maximum atomic E-state index is 12.4. The Hall–Kier alpha value is -2.24. The molecule has 2 aromatic rings. The topological polar surface area (TPSA) is 72.7 Å². The zero-order valence-corrected chi connectivity index (χ0v) is 11.7. The Morgan fingerprint density at radius 2 is 2.14 bits per heavy atom. The number of carbonyl (C=O) groups is 1. The highest BCUT2D eigenvalue weighted by Crippen LogP contribution is 2.40. The van der Waals surface area contributed by atoms with E-state index in [1.807, 2.05) is 10.9 Å². The predicted molar refractivity (Wildman–Crippen MR) is 76.9 cm³/mol. The maximum Gasteiger partial charge on any atom is 0.259 e. The van der Waals surface area contributed by atoms with Gasteiger partial charge in [-0.15, -0.1) is 0 Å². The molecule has 0 aromatic carbocycles. The van der Waals surface area contributed by atoms with Crippen LogP contribution in [0.5, 0.6) is 0 Å². The van der Waals surface area contributed by atoms with Gasteiger partial charge in [0.1, 0.15) is 6.33 Å². The van der Waals surface area contributed by atoms with Crippen LogP contribution in [0.3, 0.4) is 0 Å². The quantitative estimate of drug-likeness (QED) is 0.913. The van der Waals surface area contributed by atoms with Gasteiger partial charge in [-0.2, -0.15) is 5.10 Å². The predicted octanol–water partition coefficient (Wildman–Crippen LogP) is 2.21. The van der Waals surface area contributed by atoms with Crippen LogP contribution in [0.15, 0.2) is 24.9 Å². The molecule has 0 unspecified atom stereocenters. The van der Waals surface area contributed by atoms with Gasteiger partial charge in [-0.25, -0.2) is 9.97 Å². The molecule has 1 N–H and O–H groups in total. The molecular formula is C15H17N5O. The molecule has 2 aliphatic carbocycles. The van der Waals surface area contributed by atoms with Gasteiger partial charge in [-0.1, -0.05) is 0 Å². The normalized spacial score (nSPS) is 17.7. The average Bonchev–Trinajstić information content (AvgIpc) is 3.40. The molecule has 1 amide bonds. The van der Waals surface area contributed by atoms with Gasteiger partial charge in [-0.3, -0.25) is 9.48 Å². The third kappa shape index (κ3) is 2.79. The standard InChI is InChI=1S/C15H17N5O/c21-15(13-6-16-9-17-14(13)11-3-4-11)19-12-5-18-20(8-12)7-10-1-2-10/h5-6,8-11H,1-4,7H2,(H,19,21). The lowest BCUT2D eigenvalue weighted by atomic mass is 10.1. The number of aromatic nitrogens is 4. The van der Waals surface area contributed by atoms with E-state index >= 15 is 0 Å². The van der Waals surface area contributed by atoms with Gasteiger partial charge in [0, 0.05) is 24.9 Å². The summed E-state index contributed by atoms with van der Waals surface area (Å²) in [6.45, 7) is 0.942. The molecule has 2 aromatic heterocycles. The summed E-state index contributed by atoms with van der Waals surface area (Å²) in [4.78, 5) is 20.6. The molecule has 108 valence electrons. The van der Waals surface area contributed by atoms with Gasteiger partial charge in [0.2, 0.25) is 0 Å². The van der Waals surface area contributed by atoms with Crippen molar-refractivity contribution in [3.63, 3.8) is 0 Å². The van der Waals surface area contributed by atoms with Crippen molar-refractivity contribution in [3.05, 3.63) is 36.2 Å². The third-order valence-electron chi connectivity index (χ3n) is 3.99. The number of hydrogen-bond donors (Lipinski definition) is 1. The highest BCUT2D eigenvalue weighted by molar-refractivity contribution is 6.04. The summed E-state index contributed by atoms with van der Waals surface area (Å²) in [6, 6.07) is 0. The van der Waals surface area contributed by atoms with Crippen molar-refractivity contribution in [1.29, 1.82) is 0 Å². The first-order chi connectivity index (χ1) is 10.3. The number of amides is 1. The van der Waals surface area contributed by atoms with Crippen LogP contribution < -0.4 is 5.32 Å². The number of hydrogen-bond acceptors (Lipinski definition) is 4. The average molecular weight is 283 g/mol. The van der Waals surface area contributed by atoms with E-state index in [0.29, 0.717) is 11.5 Å². The molecule has 0 spiro atoms. The Morgan fingerprint density at radius 3 is 2.90 bits per heavy atom. The van der Waals surface area contributed by atoms with E-state index in [1.165, 1.54) is 19.2 Å². The second kappa shape index (κ2) is 4.95. The summed E-state index contributed by atoms with van der Waals surface area (Å²) in [7, 11) is 0. The van der Waals surface area contributed by atoms with E-state index in [2.05, 4.69) is 20.4 Å². The Bertz CT molecular complexity index is 672. The van der Waals surface area contributed by atoms with Crippen molar-refractivity contribution in [2.24, 2.45) is 5.92 Å². The van der Waals surface area contributed by atoms with Crippen LogP contribution in [0.1, 0.15) is 47.7 Å². The molecule has 0 radical (unpaired) electrons. The van der Waals surface area contributed by atoms with Gasteiger partial charge in [-0.05, 0) is 31.6 Å². The molecule has 0 aliphatic heterocycles. The lowest BCUT2D eigenvalue weighted by molar-refractivity contribution is 0.102. The molecule has 2 heterocycles. The van der Waals surface area contributed by atoms with Crippen molar-refractivity contribution in [2.45, 2.75) is 38.1 Å². The molecule has 0 bridgehead atoms. The summed E-state index contributed by atoms with van der Waals surface area (Å²) >= 11 is 0. The van der Waals surface area contributed by atoms with E-state index < -0.39 is 0 Å². The van der Waals surface area contributed by atoms with Gasteiger partial charge in [0.25, 0.3) is 5.91 Å². The number of carbonyl (C=O) groups excluding carboxylic acids is 1. The Balaban J connectivity index is 1.48. The molecule has 6 heteroatoms. The minimum Gasteiger partial charge on any atom is -0.319 e. The van der Waals surface area contributed by atoms with E-state index in [1.54, 1.807) is 12.4 Å². The minimum atomic E-state index is -0.150. The molecule has 2 aliphatic rings. The molecular weight excluding hydrogens is 266 g/mol. The summed E-state index contributed by atoms with van der Waals surface area (Å²) in [5, 5.41) is 7.18. The van der Waals surface area contributed by atoms with Crippen LogP contribution in [0.2, 0.25) is 0 Å². The zero-order valence-electron chi connectivity index (χ0n) is 11.7. The van der Waals surface area contributed by atoms with Crippen LogP contribution in [0.25, 0.3) is 0 Å². The van der Waals surface area contributed by atoms with Gasteiger partial charge in [0.15, 0.2) is 0 Å². The molecule has 0 saturated heterocycles. The third-order valence-corrected chi connectivity index (χ3v) is 3.99. The second-order valence-corrected chi connectivity index (χ2v) is 5.94. The van der Waals surface area contributed by atoms with Gasteiger partial charge in [0.05, 0.1) is 23.1 Å².